The van der Waals surface area contributed by atoms with Gasteiger partial charge in [-0.05, 0) is 35.9 Å². The standard InChI is InChI=1S/C16H12BrClFNO3/c17-12-6-5-10(18)7-9(12)8-14(16(22)23)20-15(21)11-3-1-2-4-13(11)19/h1-7,14H,8H2,(H,20,21)(H,22,23)/t14-/m1/s1. The molecular weight excluding hydrogens is 389 g/mol. The number of carboxylic acids is 1. The number of carbonyl (C=O) groups is 2. The van der Waals surface area contributed by atoms with Crippen molar-refractivity contribution < 1.29 is 19.1 Å². The van der Waals surface area contributed by atoms with Crippen molar-refractivity contribution in [3.63, 3.8) is 0 Å². The summed E-state index contributed by atoms with van der Waals surface area (Å²) in [7, 11) is 0. The van der Waals surface area contributed by atoms with E-state index in [-0.39, 0.29) is 12.0 Å². The van der Waals surface area contributed by atoms with E-state index in [0.29, 0.717) is 15.1 Å². The summed E-state index contributed by atoms with van der Waals surface area (Å²) in [5.74, 6) is -2.71. The lowest BCUT2D eigenvalue weighted by atomic mass is 10.1. The molecule has 0 aliphatic heterocycles. The van der Waals surface area contributed by atoms with Crippen LogP contribution in [0, 0.1) is 5.82 Å². The van der Waals surface area contributed by atoms with Crippen LogP contribution in [0.4, 0.5) is 4.39 Å². The molecule has 0 bridgehead atoms. The first-order chi connectivity index (χ1) is 10.9. The first-order valence-corrected chi connectivity index (χ1v) is 7.77. The second-order valence-corrected chi connectivity index (χ2v) is 6.07. The zero-order valence-electron chi connectivity index (χ0n) is 11.7. The summed E-state index contributed by atoms with van der Waals surface area (Å²) in [5, 5.41) is 12.1. The minimum Gasteiger partial charge on any atom is -0.480 e. The molecule has 0 fully saturated rings. The van der Waals surface area contributed by atoms with Crippen LogP contribution in [0.5, 0.6) is 0 Å². The topological polar surface area (TPSA) is 66.4 Å². The van der Waals surface area contributed by atoms with Gasteiger partial charge in [0.15, 0.2) is 0 Å². The molecule has 0 spiro atoms. The Bertz CT molecular complexity index is 754. The van der Waals surface area contributed by atoms with Gasteiger partial charge < -0.3 is 10.4 Å². The van der Waals surface area contributed by atoms with E-state index in [9.17, 15) is 19.1 Å². The maximum atomic E-state index is 13.6. The third kappa shape index (κ3) is 4.53. The van der Waals surface area contributed by atoms with Crippen LogP contribution < -0.4 is 5.32 Å². The summed E-state index contributed by atoms with van der Waals surface area (Å²) in [4.78, 5) is 23.5. The molecule has 2 aromatic carbocycles. The zero-order chi connectivity index (χ0) is 17.0. The van der Waals surface area contributed by atoms with E-state index < -0.39 is 23.7 Å². The largest absolute Gasteiger partial charge is 0.480 e. The average molecular weight is 401 g/mol. The van der Waals surface area contributed by atoms with E-state index in [4.69, 9.17) is 11.6 Å². The van der Waals surface area contributed by atoms with Gasteiger partial charge in [-0.2, -0.15) is 0 Å². The van der Waals surface area contributed by atoms with E-state index in [1.165, 1.54) is 18.2 Å². The highest BCUT2D eigenvalue weighted by Gasteiger charge is 2.23. The normalized spacial score (nSPS) is 11.8. The highest BCUT2D eigenvalue weighted by molar-refractivity contribution is 9.10. The van der Waals surface area contributed by atoms with Crippen molar-refractivity contribution in [1.82, 2.24) is 5.32 Å². The number of benzene rings is 2. The Morgan fingerprint density at radius 1 is 1.26 bits per heavy atom. The van der Waals surface area contributed by atoms with E-state index in [2.05, 4.69) is 21.2 Å². The first-order valence-electron chi connectivity index (χ1n) is 6.60. The molecule has 0 aromatic heterocycles. The van der Waals surface area contributed by atoms with Crippen molar-refractivity contribution in [2.75, 3.05) is 0 Å². The molecule has 0 saturated heterocycles. The van der Waals surface area contributed by atoms with Crippen LogP contribution >= 0.6 is 27.5 Å². The van der Waals surface area contributed by atoms with Crippen molar-refractivity contribution in [1.29, 1.82) is 0 Å². The second kappa shape index (κ2) is 7.57. The molecule has 0 saturated carbocycles. The number of hydrogen-bond donors (Lipinski definition) is 2. The number of rotatable bonds is 5. The molecule has 7 heteroatoms. The lowest BCUT2D eigenvalue weighted by Gasteiger charge is -2.16. The fourth-order valence-corrected chi connectivity index (χ4v) is 2.60. The summed E-state index contributed by atoms with van der Waals surface area (Å²) in [5.41, 5.74) is 0.419. The molecule has 120 valence electrons. The van der Waals surface area contributed by atoms with Gasteiger partial charge in [-0.25, -0.2) is 9.18 Å². The van der Waals surface area contributed by atoms with Crippen LogP contribution in [-0.4, -0.2) is 23.0 Å². The highest BCUT2D eigenvalue weighted by atomic mass is 79.9. The fraction of sp³-hybridized carbons (Fsp3) is 0.125. The Balaban J connectivity index is 2.19. The minimum atomic E-state index is -1.22. The third-order valence-corrected chi connectivity index (χ3v) is 4.16. The molecule has 2 aromatic rings. The molecule has 1 amide bonds. The predicted octanol–water partition coefficient (Wildman–Crippen LogP) is 3.67. The van der Waals surface area contributed by atoms with Crippen LogP contribution in [0.3, 0.4) is 0 Å². The SMILES string of the molecule is O=C(N[C@H](Cc1cc(Cl)ccc1Br)C(=O)O)c1ccccc1F. The van der Waals surface area contributed by atoms with Crippen molar-refractivity contribution in [3.05, 3.63) is 68.9 Å². The summed E-state index contributed by atoms with van der Waals surface area (Å²) >= 11 is 9.20. The van der Waals surface area contributed by atoms with Crippen LogP contribution in [0.1, 0.15) is 15.9 Å². The monoisotopic (exact) mass is 399 g/mol. The van der Waals surface area contributed by atoms with E-state index in [1.807, 2.05) is 0 Å². The Morgan fingerprint density at radius 2 is 1.96 bits per heavy atom. The van der Waals surface area contributed by atoms with Gasteiger partial charge in [0.05, 0.1) is 5.56 Å². The summed E-state index contributed by atoms with van der Waals surface area (Å²) in [6, 6.07) is 9.12. The number of amides is 1. The Morgan fingerprint density at radius 3 is 2.61 bits per heavy atom. The van der Waals surface area contributed by atoms with E-state index in [0.717, 1.165) is 6.07 Å². The van der Waals surface area contributed by atoms with Crippen LogP contribution in [0.25, 0.3) is 0 Å². The summed E-state index contributed by atoms with van der Waals surface area (Å²) in [6.07, 6.45) is 0.0106. The summed E-state index contributed by atoms with van der Waals surface area (Å²) < 4.78 is 14.3. The van der Waals surface area contributed by atoms with Crippen LogP contribution in [-0.2, 0) is 11.2 Å². The maximum absolute atomic E-state index is 13.6. The molecule has 0 unspecified atom stereocenters. The number of carbonyl (C=O) groups excluding carboxylic acids is 1. The molecule has 23 heavy (non-hydrogen) atoms. The van der Waals surface area contributed by atoms with Gasteiger partial charge in [-0.15, -0.1) is 0 Å². The van der Waals surface area contributed by atoms with Gasteiger partial charge in [-0.3, -0.25) is 4.79 Å². The van der Waals surface area contributed by atoms with Crippen LogP contribution in [0.2, 0.25) is 5.02 Å². The van der Waals surface area contributed by atoms with Gasteiger partial charge in [0, 0.05) is 15.9 Å². The van der Waals surface area contributed by atoms with Crippen molar-refractivity contribution >= 4 is 39.4 Å². The smallest absolute Gasteiger partial charge is 0.326 e. The Kier molecular flexibility index (Phi) is 5.74. The lowest BCUT2D eigenvalue weighted by molar-refractivity contribution is -0.139. The van der Waals surface area contributed by atoms with E-state index in [1.54, 1.807) is 18.2 Å². The number of aliphatic carboxylic acids is 1. The molecule has 2 rings (SSSR count). The molecule has 0 radical (unpaired) electrons. The van der Waals surface area contributed by atoms with Gasteiger partial charge in [0.1, 0.15) is 11.9 Å². The predicted molar refractivity (Wildman–Crippen MR) is 88.1 cm³/mol. The van der Waals surface area contributed by atoms with Crippen molar-refractivity contribution in [2.45, 2.75) is 12.5 Å². The average Bonchev–Trinajstić information content (AvgIpc) is 2.50. The number of hydrogen-bond acceptors (Lipinski definition) is 2. The second-order valence-electron chi connectivity index (χ2n) is 4.78. The number of halogens is 3. The molecule has 4 nitrogen and oxygen atoms in total. The van der Waals surface area contributed by atoms with Gasteiger partial charge in [0.2, 0.25) is 0 Å². The fourth-order valence-electron chi connectivity index (χ4n) is 2.00. The van der Waals surface area contributed by atoms with E-state index >= 15 is 0 Å². The summed E-state index contributed by atoms with van der Waals surface area (Å²) in [6.45, 7) is 0. The lowest BCUT2D eigenvalue weighted by Crippen LogP contribution is -2.42. The van der Waals surface area contributed by atoms with Gasteiger partial charge in [0.25, 0.3) is 5.91 Å². The molecule has 0 heterocycles. The quantitative estimate of drug-likeness (QED) is 0.805. The van der Waals surface area contributed by atoms with Gasteiger partial charge in [-0.1, -0.05) is 39.7 Å². The molecule has 2 N–H and O–H groups in total. The highest BCUT2D eigenvalue weighted by Crippen LogP contribution is 2.22. The Labute approximate surface area is 145 Å². The van der Waals surface area contributed by atoms with Crippen LogP contribution in [0.15, 0.2) is 46.9 Å². The number of nitrogens with one attached hydrogen (secondary N) is 1. The Hall–Kier alpha value is -1.92. The first kappa shape index (κ1) is 17.4. The van der Waals surface area contributed by atoms with Crippen molar-refractivity contribution in [2.24, 2.45) is 0 Å². The molecular formula is C16H12BrClFNO3. The van der Waals surface area contributed by atoms with Gasteiger partial charge >= 0.3 is 5.97 Å². The molecule has 0 aliphatic carbocycles. The molecule has 0 aliphatic rings. The third-order valence-electron chi connectivity index (χ3n) is 3.15. The number of carboxylic acid groups (broad SMARTS) is 1. The maximum Gasteiger partial charge on any atom is 0.326 e. The van der Waals surface area contributed by atoms with Crippen molar-refractivity contribution in [3.8, 4) is 0 Å². The molecule has 1 atom stereocenters. The zero-order valence-corrected chi connectivity index (χ0v) is 14.1. The minimum absolute atomic E-state index is 0.0106.